The number of nitrogens with zero attached hydrogens (tertiary/aromatic N) is 1. The van der Waals surface area contributed by atoms with Gasteiger partial charge >= 0.3 is 0 Å². The molecule has 0 bridgehead atoms. The van der Waals surface area contributed by atoms with E-state index in [1.54, 1.807) is 0 Å². The van der Waals surface area contributed by atoms with E-state index in [1.165, 1.54) is 27.6 Å². The Bertz CT molecular complexity index is 998. The predicted molar refractivity (Wildman–Crippen MR) is 104 cm³/mol. The Hall–Kier alpha value is -2.19. The van der Waals surface area contributed by atoms with E-state index >= 15 is 0 Å². The van der Waals surface area contributed by atoms with Crippen molar-refractivity contribution in [2.45, 2.75) is 52.7 Å². The second-order valence-electron chi connectivity index (χ2n) is 8.23. The summed E-state index contributed by atoms with van der Waals surface area (Å²) in [4.78, 5) is 4.95. The Morgan fingerprint density at radius 1 is 0.800 bits per heavy atom. The highest BCUT2D eigenvalue weighted by atomic mass is 16.5. The van der Waals surface area contributed by atoms with Crippen LogP contribution >= 0.6 is 0 Å². The second kappa shape index (κ2) is 5.15. The van der Waals surface area contributed by atoms with Crippen molar-refractivity contribution in [2.24, 2.45) is 0 Å². The van der Waals surface area contributed by atoms with Crippen LogP contribution in [0, 0.1) is 13.8 Å². The highest BCUT2D eigenvalue weighted by molar-refractivity contribution is 5.84. The SMILES string of the molecule is Cc1ccc2nc(-c3ccc4c(c3)C(C)(C)OC4(C)C)c(C)cc2c1. The maximum Gasteiger partial charge on any atom is 0.0891 e. The van der Waals surface area contributed by atoms with Crippen LogP contribution in [0.2, 0.25) is 0 Å². The zero-order chi connectivity index (χ0) is 18.0. The van der Waals surface area contributed by atoms with E-state index in [9.17, 15) is 0 Å². The van der Waals surface area contributed by atoms with Crippen LogP contribution in [0.1, 0.15) is 49.9 Å². The molecule has 0 amide bonds. The van der Waals surface area contributed by atoms with Crippen molar-refractivity contribution in [3.8, 4) is 11.3 Å². The maximum atomic E-state index is 6.29. The van der Waals surface area contributed by atoms with Crippen molar-refractivity contribution in [1.82, 2.24) is 4.98 Å². The van der Waals surface area contributed by atoms with Gasteiger partial charge in [0.1, 0.15) is 0 Å². The molecule has 0 radical (unpaired) electrons. The Labute approximate surface area is 149 Å². The molecule has 1 aliphatic rings. The lowest BCUT2D eigenvalue weighted by atomic mass is 9.88. The summed E-state index contributed by atoms with van der Waals surface area (Å²) in [7, 11) is 0. The van der Waals surface area contributed by atoms with E-state index < -0.39 is 0 Å². The van der Waals surface area contributed by atoms with Gasteiger partial charge in [0.25, 0.3) is 0 Å². The summed E-state index contributed by atoms with van der Waals surface area (Å²) in [6, 6.07) is 15.3. The molecule has 0 N–H and O–H groups in total. The Morgan fingerprint density at radius 2 is 1.52 bits per heavy atom. The molecule has 2 aromatic carbocycles. The quantitative estimate of drug-likeness (QED) is 0.544. The van der Waals surface area contributed by atoms with Crippen LogP contribution in [0.5, 0.6) is 0 Å². The fourth-order valence-corrected chi connectivity index (χ4v) is 4.16. The standard InChI is InChI=1S/C23H25NO/c1-14-7-10-20-17(11-14)12-15(2)21(24-20)16-8-9-18-19(13-16)23(5,6)25-22(18,3)4/h7-13H,1-6H3. The molecule has 3 aromatic rings. The first-order chi connectivity index (χ1) is 11.7. The minimum atomic E-state index is -0.281. The second-order valence-corrected chi connectivity index (χ2v) is 8.23. The van der Waals surface area contributed by atoms with Gasteiger partial charge in [0.2, 0.25) is 0 Å². The van der Waals surface area contributed by atoms with Crippen molar-refractivity contribution < 1.29 is 4.74 Å². The molecule has 1 aromatic heterocycles. The van der Waals surface area contributed by atoms with E-state index in [2.05, 4.69) is 84.0 Å². The van der Waals surface area contributed by atoms with E-state index in [4.69, 9.17) is 9.72 Å². The molecule has 4 rings (SSSR count). The summed E-state index contributed by atoms with van der Waals surface area (Å²) in [5.41, 5.74) is 7.73. The molecule has 0 saturated heterocycles. The lowest BCUT2D eigenvalue weighted by Gasteiger charge is -2.24. The monoisotopic (exact) mass is 331 g/mol. The molecule has 25 heavy (non-hydrogen) atoms. The van der Waals surface area contributed by atoms with Gasteiger partial charge in [0, 0.05) is 10.9 Å². The molecule has 2 heteroatoms. The maximum absolute atomic E-state index is 6.29. The lowest BCUT2D eigenvalue weighted by Crippen LogP contribution is -2.22. The van der Waals surface area contributed by atoms with Crippen molar-refractivity contribution in [3.05, 3.63) is 64.7 Å². The molecule has 2 heterocycles. The molecule has 0 atom stereocenters. The zero-order valence-corrected chi connectivity index (χ0v) is 15.9. The number of pyridine rings is 1. The van der Waals surface area contributed by atoms with Gasteiger partial charge in [-0.15, -0.1) is 0 Å². The smallest absolute Gasteiger partial charge is 0.0891 e. The van der Waals surface area contributed by atoms with E-state index in [-0.39, 0.29) is 11.2 Å². The van der Waals surface area contributed by atoms with E-state index in [0.29, 0.717) is 0 Å². The predicted octanol–water partition coefficient (Wildman–Crippen LogP) is 6.02. The van der Waals surface area contributed by atoms with Crippen LogP contribution in [0.3, 0.4) is 0 Å². The summed E-state index contributed by atoms with van der Waals surface area (Å²) in [6.07, 6.45) is 0. The highest BCUT2D eigenvalue weighted by Gasteiger charge is 2.42. The molecular formula is C23H25NO. The van der Waals surface area contributed by atoms with Crippen molar-refractivity contribution in [2.75, 3.05) is 0 Å². The summed E-state index contributed by atoms with van der Waals surface area (Å²) in [5.74, 6) is 0. The average molecular weight is 331 g/mol. The molecule has 0 aliphatic carbocycles. The Balaban J connectivity index is 1.91. The van der Waals surface area contributed by atoms with Crippen molar-refractivity contribution in [3.63, 3.8) is 0 Å². The zero-order valence-electron chi connectivity index (χ0n) is 15.9. The molecule has 0 unspecified atom stereocenters. The summed E-state index contributed by atoms with van der Waals surface area (Å²) in [6.45, 7) is 12.8. The Morgan fingerprint density at radius 3 is 2.28 bits per heavy atom. The van der Waals surface area contributed by atoms with Gasteiger partial charge in [-0.2, -0.15) is 0 Å². The third-order valence-electron chi connectivity index (χ3n) is 5.26. The minimum Gasteiger partial charge on any atom is -0.360 e. The van der Waals surface area contributed by atoms with Crippen molar-refractivity contribution >= 4 is 10.9 Å². The summed E-state index contributed by atoms with van der Waals surface area (Å²) in [5, 5.41) is 1.20. The number of aromatic nitrogens is 1. The van der Waals surface area contributed by atoms with Gasteiger partial charge in [-0.3, -0.25) is 0 Å². The normalized spacial score (nSPS) is 17.7. The number of benzene rings is 2. The molecule has 1 aliphatic heterocycles. The number of fused-ring (bicyclic) bond motifs is 2. The molecule has 2 nitrogen and oxygen atoms in total. The van der Waals surface area contributed by atoms with Crippen LogP contribution in [0.4, 0.5) is 0 Å². The van der Waals surface area contributed by atoms with Crippen LogP contribution in [0.25, 0.3) is 22.2 Å². The van der Waals surface area contributed by atoms with Crippen LogP contribution in [0.15, 0.2) is 42.5 Å². The lowest BCUT2D eigenvalue weighted by molar-refractivity contribution is -0.105. The number of hydrogen-bond donors (Lipinski definition) is 0. The Kier molecular flexibility index (Phi) is 3.36. The number of ether oxygens (including phenoxy) is 1. The van der Waals surface area contributed by atoms with Gasteiger partial charge in [0.05, 0.1) is 22.4 Å². The van der Waals surface area contributed by atoms with Crippen molar-refractivity contribution in [1.29, 1.82) is 0 Å². The van der Waals surface area contributed by atoms with Gasteiger partial charge in [0.15, 0.2) is 0 Å². The molecule has 128 valence electrons. The topological polar surface area (TPSA) is 22.1 Å². The van der Waals surface area contributed by atoms with Gasteiger partial charge < -0.3 is 4.74 Å². The fourth-order valence-electron chi connectivity index (χ4n) is 4.16. The van der Waals surface area contributed by atoms with E-state index in [0.717, 1.165) is 16.8 Å². The molecular weight excluding hydrogens is 306 g/mol. The van der Waals surface area contributed by atoms with Crippen LogP contribution in [-0.2, 0) is 15.9 Å². The molecule has 0 saturated carbocycles. The first-order valence-corrected chi connectivity index (χ1v) is 8.91. The largest absolute Gasteiger partial charge is 0.360 e. The third-order valence-corrected chi connectivity index (χ3v) is 5.26. The molecule has 0 fully saturated rings. The highest BCUT2D eigenvalue weighted by Crippen LogP contribution is 2.47. The van der Waals surface area contributed by atoms with Gasteiger partial charge in [-0.05, 0) is 82.5 Å². The first-order valence-electron chi connectivity index (χ1n) is 8.91. The van der Waals surface area contributed by atoms with Gasteiger partial charge in [-0.25, -0.2) is 4.98 Å². The number of rotatable bonds is 1. The summed E-state index contributed by atoms with van der Waals surface area (Å²) >= 11 is 0. The van der Waals surface area contributed by atoms with Crippen LogP contribution in [-0.4, -0.2) is 4.98 Å². The third kappa shape index (κ3) is 2.56. The molecule has 0 spiro atoms. The fraction of sp³-hybridized carbons (Fsp3) is 0.348. The average Bonchev–Trinajstić information content (AvgIpc) is 2.71. The summed E-state index contributed by atoms with van der Waals surface area (Å²) < 4.78 is 6.29. The van der Waals surface area contributed by atoms with E-state index in [1.807, 2.05) is 0 Å². The number of aryl methyl sites for hydroxylation is 2. The first kappa shape index (κ1) is 16.3. The minimum absolute atomic E-state index is 0.249. The van der Waals surface area contributed by atoms with Gasteiger partial charge in [-0.1, -0.05) is 23.8 Å². The van der Waals surface area contributed by atoms with Crippen LogP contribution < -0.4 is 0 Å². The number of hydrogen-bond acceptors (Lipinski definition) is 2.